The lowest BCUT2D eigenvalue weighted by Gasteiger charge is -2.21. The molecule has 0 amide bonds. The highest BCUT2D eigenvalue weighted by atomic mass is 16.5. The molecule has 0 radical (unpaired) electrons. The molecular formula is C18H22N2O3. The third-order valence-corrected chi connectivity index (χ3v) is 4.09. The summed E-state index contributed by atoms with van der Waals surface area (Å²) in [5.74, 6) is 1.61. The molecule has 0 saturated carbocycles. The van der Waals surface area contributed by atoms with E-state index in [0.717, 1.165) is 36.6 Å². The van der Waals surface area contributed by atoms with Gasteiger partial charge < -0.3 is 14.6 Å². The van der Waals surface area contributed by atoms with Gasteiger partial charge in [-0.05, 0) is 36.2 Å². The lowest BCUT2D eigenvalue weighted by Crippen LogP contribution is -2.29. The van der Waals surface area contributed by atoms with Crippen LogP contribution in [0.1, 0.15) is 18.1 Å². The summed E-state index contributed by atoms with van der Waals surface area (Å²) in [4.78, 5) is 6.22. The first-order valence-corrected chi connectivity index (χ1v) is 7.85. The smallest absolute Gasteiger partial charge is 0.122 e. The van der Waals surface area contributed by atoms with Crippen molar-refractivity contribution in [2.24, 2.45) is 0 Å². The maximum absolute atomic E-state index is 10.4. The highest BCUT2D eigenvalue weighted by molar-refractivity contribution is 5.30. The Kier molecular flexibility index (Phi) is 5.10. The number of aliphatic hydroxyl groups is 1. The third-order valence-electron chi connectivity index (χ3n) is 4.09. The Bertz CT molecular complexity index is 621. The molecule has 122 valence electrons. The van der Waals surface area contributed by atoms with Crippen LogP contribution in [0.5, 0.6) is 11.5 Å². The summed E-state index contributed by atoms with van der Waals surface area (Å²) < 4.78 is 11.2. The van der Waals surface area contributed by atoms with Crippen molar-refractivity contribution < 1.29 is 14.6 Å². The zero-order chi connectivity index (χ0) is 16.1. The molecule has 2 aromatic rings. The van der Waals surface area contributed by atoms with E-state index in [-0.39, 0.29) is 6.10 Å². The van der Waals surface area contributed by atoms with Gasteiger partial charge >= 0.3 is 0 Å². The van der Waals surface area contributed by atoms with Crippen molar-refractivity contribution in [2.45, 2.75) is 18.6 Å². The highest BCUT2D eigenvalue weighted by Gasteiger charge is 2.26. The fourth-order valence-corrected chi connectivity index (χ4v) is 2.87. The molecule has 1 fully saturated rings. The number of aromatic nitrogens is 1. The average Bonchev–Trinajstić information content (AvgIpc) is 3.02. The molecule has 0 bridgehead atoms. The topological polar surface area (TPSA) is 54.8 Å². The Morgan fingerprint density at radius 2 is 2.09 bits per heavy atom. The summed E-state index contributed by atoms with van der Waals surface area (Å²) in [6.07, 6.45) is 4.07. The number of nitrogens with zero attached hydrogens (tertiary/aromatic N) is 2. The van der Waals surface area contributed by atoms with Crippen molar-refractivity contribution in [3.05, 3.63) is 54.4 Å². The third kappa shape index (κ3) is 4.21. The van der Waals surface area contributed by atoms with Crippen molar-refractivity contribution in [3.8, 4) is 11.5 Å². The number of likely N-dealkylation sites (tertiary alicyclic amines) is 1. The van der Waals surface area contributed by atoms with Crippen molar-refractivity contribution in [2.75, 3.05) is 26.7 Å². The minimum absolute atomic E-state index is 0.162. The van der Waals surface area contributed by atoms with Crippen LogP contribution in [-0.2, 0) is 0 Å². The van der Waals surface area contributed by atoms with Gasteiger partial charge in [0.25, 0.3) is 0 Å². The van der Waals surface area contributed by atoms with E-state index in [1.54, 1.807) is 19.5 Å². The van der Waals surface area contributed by atoms with Crippen LogP contribution in [0.25, 0.3) is 0 Å². The van der Waals surface area contributed by atoms with Crippen LogP contribution in [0.2, 0.25) is 0 Å². The summed E-state index contributed by atoms with van der Waals surface area (Å²) in [6.45, 7) is 2.35. The van der Waals surface area contributed by atoms with Crippen LogP contribution in [0.15, 0.2) is 48.8 Å². The predicted octanol–water partition coefficient (Wildman–Crippen LogP) is 2.28. The molecule has 1 N–H and O–H groups in total. The second-order valence-corrected chi connectivity index (χ2v) is 5.76. The fraction of sp³-hybridized carbons (Fsp3) is 0.389. The van der Waals surface area contributed by atoms with E-state index in [2.05, 4.69) is 9.88 Å². The number of β-amino-alcohol motifs (C(OH)–C–C–N with tert-alkyl or cyclic N) is 1. The summed E-state index contributed by atoms with van der Waals surface area (Å²) in [7, 11) is 1.63. The van der Waals surface area contributed by atoms with E-state index in [1.165, 1.54) is 0 Å². The van der Waals surface area contributed by atoms with Crippen LogP contribution in [0, 0.1) is 0 Å². The Labute approximate surface area is 136 Å². The Morgan fingerprint density at radius 3 is 2.87 bits per heavy atom. The minimum atomic E-state index is -0.523. The van der Waals surface area contributed by atoms with Crippen molar-refractivity contribution in [3.63, 3.8) is 0 Å². The second kappa shape index (κ2) is 7.44. The zero-order valence-corrected chi connectivity index (χ0v) is 13.3. The van der Waals surface area contributed by atoms with E-state index in [4.69, 9.17) is 9.47 Å². The lowest BCUT2D eigenvalue weighted by atomic mass is 10.1. The Morgan fingerprint density at radius 1 is 1.26 bits per heavy atom. The predicted molar refractivity (Wildman–Crippen MR) is 87.7 cm³/mol. The van der Waals surface area contributed by atoms with Gasteiger partial charge in [-0.1, -0.05) is 12.1 Å². The molecule has 2 unspecified atom stereocenters. The first kappa shape index (κ1) is 15.8. The number of rotatable bonds is 6. The zero-order valence-electron chi connectivity index (χ0n) is 13.3. The van der Waals surface area contributed by atoms with E-state index in [9.17, 15) is 5.11 Å². The largest absolute Gasteiger partial charge is 0.497 e. The molecular weight excluding hydrogens is 292 g/mol. The number of benzene rings is 1. The molecule has 1 aromatic carbocycles. The second-order valence-electron chi connectivity index (χ2n) is 5.76. The number of pyridine rings is 1. The Hall–Kier alpha value is -2.11. The normalized spacial score (nSPS) is 19.5. The highest BCUT2D eigenvalue weighted by Crippen LogP contribution is 2.23. The van der Waals surface area contributed by atoms with Crippen molar-refractivity contribution in [1.29, 1.82) is 0 Å². The fourth-order valence-electron chi connectivity index (χ4n) is 2.87. The molecule has 1 aromatic heterocycles. The van der Waals surface area contributed by atoms with Crippen LogP contribution in [-0.4, -0.2) is 47.8 Å². The molecule has 5 nitrogen and oxygen atoms in total. The number of methoxy groups -OCH3 is 1. The molecule has 0 aliphatic carbocycles. The minimum Gasteiger partial charge on any atom is -0.497 e. The van der Waals surface area contributed by atoms with Crippen LogP contribution < -0.4 is 9.47 Å². The SMILES string of the molecule is COc1cccc(C(O)CN2CCC(Oc3ccncc3)C2)c1. The van der Waals surface area contributed by atoms with Gasteiger partial charge in [-0.25, -0.2) is 0 Å². The molecule has 3 rings (SSSR count). The van der Waals surface area contributed by atoms with Gasteiger partial charge in [0.05, 0.1) is 13.2 Å². The molecule has 5 heteroatoms. The van der Waals surface area contributed by atoms with Crippen LogP contribution in [0.3, 0.4) is 0 Å². The van der Waals surface area contributed by atoms with Gasteiger partial charge in [-0.15, -0.1) is 0 Å². The van der Waals surface area contributed by atoms with Gasteiger partial charge in [0.15, 0.2) is 0 Å². The standard InChI is InChI=1S/C18H22N2O3/c1-22-16-4-2-3-14(11-16)18(21)13-20-10-7-17(12-20)23-15-5-8-19-9-6-15/h2-6,8-9,11,17-18,21H,7,10,12-13H2,1H3. The van der Waals surface area contributed by atoms with Crippen molar-refractivity contribution >= 4 is 0 Å². The van der Waals surface area contributed by atoms with E-state index >= 15 is 0 Å². The van der Waals surface area contributed by atoms with Gasteiger partial charge in [0, 0.05) is 32.0 Å². The summed E-state index contributed by atoms with van der Waals surface area (Å²) in [6, 6.07) is 11.3. The molecule has 1 aliphatic heterocycles. The lowest BCUT2D eigenvalue weighted by molar-refractivity contribution is 0.117. The van der Waals surface area contributed by atoms with Gasteiger partial charge in [0.2, 0.25) is 0 Å². The monoisotopic (exact) mass is 314 g/mol. The Balaban J connectivity index is 1.53. The first-order valence-electron chi connectivity index (χ1n) is 7.85. The molecule has 2 heterocycles. The first-order chi connectivity index (χ1) is 11.2. The number of aliphatic hydroxyl groups excluding tert-OH is 1. The summed E-state index contributed by atoms with van der Waals surface area (Å²) in [5.41, 5.74) is 0.878. The molecule has 1 saturated heterocycles. The molecule has 2 atom stereocenters. The molecule has 1 aliphatic rings. The average molecular weight is 314 g/mol. The molecule has 0 spiro atoms. The van der Waals surface area contributed by atoms with E-state index in [1.807, 2.05) is 36.4 Å². The van der Waals surface area contributed by atoms with Gasteiger partial charge in [0.1, 0.15) is 17.6 Å². The van der Waals surface area contributed by atoms with E-state index < -0.39 is 6.10 Å². The number of ether oxygens (including phenoxy) is 2. The van der Waals surface area contributed by atoms with Crippen LogP contribution in [0.4, 0.5) is 0 Å². The summed E-state index contributed by atoms with van der Waals surface area (Å²) >= 11 is 0. The summed E-state index contributed by atoms with van der Waals surface area (Å²) in [5, 5.41) is 10.4. The molecule has 23 heavy (non-hydrogen) atoms. The van der Waals surface area contributed by atoms with Crippen molar-refractivity contribution in [1.82, 2.24) is 9.88 Å². The maximum Gasteiger partial charge on any atom is 0.122 e. The number of hydrogen-bond acceptors (Lipinski definition) is 5. The maximum atomic E-state index is 10.4. The van der Waals surface area contributed by atoms with Gasteiger partial charge in [-0.3, -0.25) is 9.88 Å². The van der Waals surface area contributed by atoms with Crippen LogP contribution >= 0.6 is 0 Å². The number of hydrogen-bond donors (Lipinski definition) is 1. The van der Waals surface area contributed by atoms with E-state index in [0.29, 0.717) is 6.54 Å². The van der Waals surface area contributed by atoms with Gasteiger partial charge in [-0.2, -0.15) is 0 Å². The quantitative estimate of drug-likeness (QED) is 0.886.